The molecule has 0 atom stereocenters. The predicted octanol–water partition coefficient (Wildman–Crippen LogP) is 2.63. The zero-order valence-corrected chi connectivity index (χ0v) is 14.4. The highest BCUT2D eigenvalue weighted by Crippen LogP contribution is 2.38. The summed E-state index contributed by atoms with van der Waals surface area (Å²) in [5.41, 5.74) is 12.3. The molecule has 0 aliphatic carbocycles. The minimum Gasteiger partial charge on any atom is -0.424 e. The molecule has 7 nitrogen and oxygen atoms in total. The summed E-state index contributed by atoms with van der Waals surface area (Å²) in [4.78, 5) is 18.9. The molecule has 0 radical (unpaired) electrons. The Morgan fingerprint density at radius 3 is 2.36 bits per heavy atom. The van der Waals surface area contributed by atoms with Crippen LogP contribution >= 0.6 is 31.9 Å². The molecule has 2 aromatic rings. The van der Waals surface area contributed by atoms with E-state index in [4.69, 9.17) is 16.2 Å². The fourth-order valence-corrected chi connectivity index (χ4v) is 3.10. The van der Waals surface area contributed by atoms with Gasteiger partial charge < -0.3 is 16.2 Å². The summed E-state index contributed by atoms with van der Waals surface area (Å²) in [5.74, 6) is -0.170. The maximum Gasteiger partial charge on any atom is 0.308 e. The molecule has 1 aromatic carbocycles. The van der Waals surface area contributed by atoms with Crippen LogP contribution in [0.25, 0.3) is 11.3 Å². The molecular formula is C13H9Br2N5O2. The lowest BCUT2D eigenvalue weighted by Crippen LogP contribution is -2.06. The van der Waals surface area contributed by atoms with Gasteiger partial charge in [-0.2, -0.15) is 10.2 Å². The monoisotopic (exact) mass is 425 g/mol. The van der Waals surface area contributed by atoms with E-state index in [9.17, 15) is 10.1 Å². The van der Waals surface area contributed by atoms with Crippen LogP contribution in [0.15, 0.2) is 21.1 Å². The van der Waals surface area contributed by atoms with Crippen LogP contribution < -0.4 is 16.2 Å². The highest BCUT2D eigenvalue weighted by atomic mass is 79.9. The molecule has 0 aliphatic heterocycles. The summed E-state index contributed by atoms with van der Waals surface area (Å²) in [7, 11) is 0. The number of anilines is 2. The number of hydrogen-bond donors (Lipinski definition) is 2. The van der Waals surface area contributed by atoms with Crippen LogP contribution in [0.2, 0.25) is 0 Å². The van der Waals surface area contributed by atoms with E-state index >= 15 is 0 Å². The van der Waals surface area contributed by atoms with Crippen molar-refractivity contribution in [3.8, 4) is 23.1 Å². The predicted molar refractivity (Wildman–Crippen MR) is 87.7 cm³/mol. The number of ether oxygens (including phenoxy) is 1. The number of carbonyl (C=O) groups is 1. The van der Waals surface area contributed by atoms with Gasteiger partial charge in [-0.1, -0.05) is 0 Å². The van der Waals surface area contributed by atoms with Crippen molar-refractivity contribution >= 4 is 49.6 Å². The van der Waals surface area contributed by atoms with Crippen LogP contribution in [-0.4, -0.2) is 15.9 Å². The lowest BCUT2D eigenvalue weighted by atomic mass is 10.1. The Balaban J connectivity index is 2.65. The van der Waals surface area contributed by atoms with Crippen LogP contribution in [0, 0.1) is 11.3 Å². The minimum absolute atomic E-state index is 0.00121. The lowest BCUT2D eigenvalue weighted by molar-refractivity contribution is -0.131. The first-order chi connectivity index (χ1) is 10.3. The van der Waals surface area contributed by atoms with E-state index in [-0.39, 0.29) is 17.3 Å². The van der Waals surface area contributed by atoms with E-state index < -0.39 is 5.97 Å². The van der Waals surface area contributed by atoms with Crippen LogP contribution in [0.4, 0.5) is 11.8 Å². The molecule has 2 rings (SSSR count). The van der Waals surface area contributed by atoms with Crippen molar-refractivity contribution in [2.45, 2.75) is 6.92 Å². The summed E-state index contributed by atoms with van der Waals surface area (Å²) in [6, 6.07) is 5.24. The lowest BCUT2D eigenvalue weighted by Gasteiger charge is -2.11. The molecule has 1 aromatic heterocycles. The third-order valence-corrected chi connectivity index (χ3v) is 3.76. The van der Waals surface area contributed by atoms with Crippen molar-refractivity contribution in [1.82, 2.24) is 9.97 Å². The number of nitrogens with zero attached hydrogens (tertiary/aromatic N) is 3. The third-order valence-electron chi connectivity index (χ3n) is 2.58. The Morgan fingerprint density at radius 1 is 1.27 bits per heavy atom. The SMILES string of the molecule is CC(=O)Oc1c(Br)cc(-c2nc(N)nc(N)c2C#N)cc1Br. The Morgan fingerprint density at radius 2 is 1.86 bits per heavy atom. The molecule has 0 unspecified atom stereocenters. The summed E-state index contributed by atoms with van der Waals surface area (Å²) in [5, 5.41) is 9.22. The Kier molecular flexibility index (Phi) is 4.63. The first-order valence-corrected chi connectivity index (χ1v) is 7.43. The van der Waals surface area contributed by atoms with E-state index in [0.717, 1.165) is 0 Å². The zero-order valence-electron chi connectivity index (χ0n) is 11.2. The van der Waals surface area contributed by atoms with Gasteiger partial charge >= 0.3 is 5.97 Å². The molecule has 0 spiro atoms. The maximum absolute atomic E-state index is 11.1. The van der Waals surface area contributed by atoms with Crippen LogP contribution in [-0.2, 0) is 4.79 Å². The van der Waals surface area contributed by atoms with Gasteiger partial charge in [-0.15, -0.1) is 0 Å². The summed E-state index contributed by atoms with van der Waals surface area (Å²) in [6.07, 6.45) is 0. The number of aromatic nitrogens is 2. The number of hydrogen-bond acceptors (Lipinski definition) is 7. The zero-order chi connectivity index (χ0) is 16.4. The van der Waals surface area contributed by atoms with Gasteiger partial charge in [0.05, 0.1) is 14.6 Å². The number of nitrogen functional groups attached to an aromatic ring is 2. The standard InChI is InChI=1S/C13H9Br2N5O2/c1-5(21)22-11-8(14)2-6(3-9(11)15)10-7(4-16)12(17)20-13(18)19-10/h2-3H,1H3,(H4,17,18,19,20). The van der Waals surface area contributed by atoms with Crippen molar-refractivity contribution in [2.24, 2.45) is 0 Å². The summed E-state index contributed by atoms with van der Waals surface area (Å²) in [6.45, 7) is 1.30. The number of nitriles is 1. The smallest absolute Gasteiger partial charge is 0.308 e. The fourth-order valence-electron chi connectivity index (χ4n) is 1.75. The molecule has 9 heteroatoms. The fraction of sp³-hybridized carbons (Fsp3) is 0.0769. The van der Waals surface area contributed by atoms with Gasteiger partial charge in [-0.3, -0.25) is 4.79 Å². The Bertz CT molecular complexity index is 794. The second-order valence-corrected chi connectivity index (χ2v) is 5.87. The van der Waals surface area contributed by atoms with E-state index in [1.807, 2.05) is 6.07 Å². The normalized spacial score (nSPS) is 10.1. The largest absolute Gasteiger partial charge is 0.424 e. The van der Waals surface area contributed by atoms with Crippen LogP contribution in [0.3, 0.4) is 0 Å². The molecule has 0 saturated carbocycles. The molecule has 4 N–H and O–H groups in total. The molecule has 0 fully saturated rings. The Labute approximate surface area is 142 Å². The van der Waals surface area contributed by atoms with Gasteiger partial charge in [0, 0.05) is 12.5 Å². The topological polar surface area (TPSA) is 128 Å². The number of carbonyl (C=O) groups excluding carboxylic acids is 1. The number of nitrogens with two attached hydrogens (primary N) is 2. The summed E-state index contributed by atoms with van der Waals surface area (Å²) >= 11 is 6.62. The summed E-state index contributed by atoms with van der Waals surface area (Å²) < 4.78 is 6.10. The van der Waals surface area contributed by atoms with Crippen molar-refractivity contribution < 1.29 is 9.53 Å². The quantitative estimate of drug-likeness (QED) is 0.557. The van der Waals surface area contributed by atoms with Gasteiger partial charge in [0.25, 0.3) is 0 Å². The van der Waals surface area contributed by atoms with Crippen molar-refractivity contribution in [3.63, 3.8) is 0 Å². The van der Waals surface area contributed by atoms with Crippen LogP contribution in [0.5, 0.6) is 5.75 Å². The van der Waals surface area contributed by atoms with E-state index in [0.29, 0.717) is 26.0 Å². The van der Waals surface area contributed by atoms with E-state index in [1.54, 1.807) is 12.1 Å². The molecule has 0 saturated heterocycles. The number of rotatable bonds is 2. The average Bonchev–Trinajstić information content (AvgIpc) is 2.41. The molecule has 0 aliphatic rings. The Hall–Kier alpha value is -2.18. The van der Waals surface area contributed by atoms with Crippen molar-refractivity contribution in [1.29, 1.82) is 5.26 Å². The molecule has 0 bridgehead atoms. The van der Waals surface area contributed by atoms with Crippen molar-refractivity contribution in [3.05, 3.63) is 26.6 Å². The second kappa shape index (κ2) is 6.29. The molecular weight excluding hydrogens is 418 g/mol. The molecule has 112 valence electrons. The molecule has 22 heavy (non-hydrogen) atoms. The van der Waals surface area contributed by atoms with Gasteiger partial charge in [0.2, 0.25) is 5.95 Å². The van der Waals surface area contributed by atoms with E-state index in [1.165, 1.54) is 6.92 Å². The molecule has 1 heterocycles. The number of esters is 1. The van der Waals surface area contributed by atoms with Gasteiger partial charge in [0.15, 0.2) is 5.75 Å². The number of benzene rings is 1. The minimum atomic E-state index is -0.456. The first kappa shape index (κ1) is 16.2. The first-order valence-electron chi connectivity index (χ1n) is 5.84. The van der Waals surface area contributed by atoms with Crippen LogP contribution in [0.1, 0.15) is 12.5 Å². The third kappa shape index (κ3) is 3.18. The van der Waals surface area contributed by atoms with E-state index in [2.05, 4.69) is 41.8 Å². The van der Waals surface area contributed by atoms with Crippen molar-refractivity contribution in [2.75, 3.05) is 11.5 Å². The highest BCUT2D eigenvalue weighted by Gasteiger charge is 2.17. The second-order valence-electron chi connectivity index (χ2n) is 4.17. The van der Waals surface area contributed by atoms with Gasteiger partial charge in [0.1, 0.15) is 17.5 Å². The number of halogens is 2. The van der Waals surface area contributed by atoms with Gasteiger partial charge in [-0.05, 0) is 44.0 Å². The highest BCUT2D eigenvalue weighted by molar-refractivity contribution is 9.11. The molecule has 0 amide bonds. The average molecular weight is 427 g/mol. The van der Waals surface area contributed by atoms with Gasteiger partial charge in [-0.25, -0.2) is 4.98 Å². The maximum atomic E-state index is 11.1.